The lowest BCUT2D eigenvalue weighted by molar-refractivity contribution is 0.570. The van der Waals surface area contributed by atoms with Gasteiger partial charge in [-0.3, -0.25) is 4.68 Å². The van der Waals surface area contributed by atoms with Crippen LogP contribution in [-0.2, 0) is 7.05 Å². The fourth-order valence-corrected chi connectivity index (χ4v) is 2.32. The molecule has 0 spiro atoms. The van der Waals surface area contributed by atoms with E-state index in [1.54, 1.807) is 31.3 Å². The highest BCUT2D eigenvalue weighted by atomic mass is 35.5. The summed E-state index contributed by atoms with van der Waals surface area (Å²) in [5.74, 6) is -0.00423. The first-order valence-electron chi connectivity index (χ1n) is 5.90. The van der Waals surface area contributed by atoms with E-state index in [0.717, 1.165) is 0 Å². The Hall–Kier alpha value is -2.27. The van der Waals surface area contributed by atoms with Crippen molar-refractivity contribution in [2.24, 2.45) is 7.05 Å². The van der Waals surface area contributed by atoms with E-state index in [1.807, 2.05) is 0 Å². The highest BCUT2D eigenvalue weighted by molar-refractivity contribution is 6.31. The van der Waals surface area contributed by atoms with E-state index in [-0.39, 0.29) is 11.0 Å². The predicted molar refractivity (Wildman–Crippen MR) is 75.7 cm³/mol. The van der Waals surface area contributed by atoms with Crippen molar-refractivity contribution in [1.82, 2.24) is 9.78 Å². The molecule has 0 unspecified atom stereocenters. The Bertz CT molecular complexity index is 779. The van der Waals surface area contributed by atoms with Gasteiger partial charge in [0.25, 0.3) is 0 Å². The van der Waals surface area contributed by atoms with Crippen molar-refractivity contribution in [2.45, 2.75) is 0 Å². The third-order valence-corrected chi connectivity index (χ3v) is 3.40. The van der Waals surface area contributed by atoms with Crippen LogP contribution >= 0.6 is 11.6 Å². The fourth-order valence-electron chi connectivity index (χ4n) is 2.12. The minimum Gasteiger partial charge on any atom is -0.452 e. The van der Waals surface area contributed by atoms with Crippen LogP contribution in [0.3, 0.4) is 0 Å². The quantitative estimate of drug-likeness (QED) is 0.783. The first-order valence-corrected chi connectivity index (χ1v) is 6.28. The molecule has 0 saturated carbocycles. The second-order valence-electron chi connectivity index (χ2n) is 4.32. The van der Waals surface area contributed by atoms with Gasteiger partial charge in [-0.2, -0.15) is 5.10 Å². The van der Waals surface area contributed by atoms with E-state index in [0.29, 0.717) is 28.2 Å². The maximum absolute atomic E-state index is 14.0. The zero-order chi connectivity index (χ0) is 14.3. The van der Waals surface area contributed by atoms with Crippen molar-refractivity contribution in [3.8, 4) is 22.4 Å². The topological polar surface area (TPSA) is 57.0 Å². The van der Waals surface area contributed by atoms with Gasteiger partial charge in [-0.15, -0.1) is 0 Å². The molecule has 3 rings (SSSR count). The van der Waals surface area contributed by atoms with E-state index in [4.69, 9.17) is 21.8 Å². The van der Waals surface area contributed by atoms with Crippen molar-refractivity contribution >= 4 is 17.4 Å². The predicted octanol–water partition coefficient (Wildman–Crippen LogP) is 3.72. The Morgan fingerprint density at radius 3 is 2.65 bits per heavy atom. The number of nitrogen functional groups attached to an aromatic ring is 1. The third kappa shape index (κ3) is 1.87. The largest absolute Gasteiger partial charge is 0.452 e. The van der Waals surface area contributed by atoms with Crippen LogP contribution < -0.4 is 5.73 Å². The number of aryl methyl sites for hydroxylation is 1. The van der Waals surface area contributed by atoms with Crippen LogP contribution in [0.2, 0.25) is 5.22 Å². The number of halogens is 2. The molecule has 0 aliphatic carbocycles. The third-order valence-electron chi connectivity index (χ3n) is 3.11. The summed E-state index contributed by atoms with van der Waals surface area (Å²) in [6, 6.07) is 8.07. The number of benzene rings is 1. The minimum absolute atomic E-state index is 0.195. The van der Waals surface area contributed by atoms with Crippen LogP contribution in [0.4, 0.5) is 10.2 Å². The van der Waals surface area contributed by atoms with Gasteiger partial charge in [0.2, 0.25) is 5.22 Å². The molecule has 20 heavy (non-hydrogen) atoms. The number of furan rings is 1. The zero-order valence-corrected chi connectivity index (χ0v) is 11.4. The molecule has 102 valence electrons. The van der Waals surface area contributed by atoms with Crippen molar-refractivity contribution in [2.75, 3.05) is 5.73 Å². The molecular formula is C14H11ClFN3O. The summed E-state index contributed by atoms with van der Waals surface area (Å²) in [6.45, 7) is 0. The van der Waals surface area contributed by atoms with Crippen LogP contribution in [0, 0.1) is 5.82 Å². The number of aromatic nitrogens is 2. The second-order valence-corrected chi connectivity index (χ2v) is 4.66. The van der Waals surface area contributed by atoms with E-state index < -0.39 is 0 Å². The summed E-state index contributed by atoms with van der Waals surface area (Å²) in [5, 5.41) is 4.51. The molecule has 3 aromatic rings. The van der Waals surface area contributed by atoms with Crippen molar-refractivity contribution < 1.29 is 8.81 Å². The Kier molecular flexibility index (Phi) is 2.99. The SMILES string of the molecule is Cn1nc(-c2ccoc2Cl)c(-c2ccccc2F)c1N. The van der Waals surface area contributed by atoms with E-state index >= 15 is 0 Å². The summed E-state index contributed by atoms with van der Waals surface area (Å²) >= 11 is 5.98. The van der Waals surface area contributed by atoms with Gasteiger partial charge >= 0.3 is 0 Å². The Morgan fingerprint density at radius 1 is 1.25 bits per heavy atom. The average Bonchev–Trinajstić information content (AvgIpc) is 2.96. The standard InChI is InChI=1S/C14H11ClFN3O/c1-19-14(17)11(8-4-2-3-5-10(8)16)12(18-19)9-6-7-20-13(9)15/h2-7H,17H2,1H3. The van der Waals surface area contributed by atoms with Crippen LogP contribution in [0.25, 0.3) is 22.4 Å². The Balaban J connectivity index is 2.31. The zero-order valence-electron chi connectivity index (χ0n) is 10.6. The van der Waals surface area contributed by atoms with Gasteiger partial charge in [-0.1, -0.05) is 18.2 Å². The van der Waals surface area contributed by atoms with Gasteiger partial charge in [0.05, 0.1) is 17.4 Å². The number of nitrogens with two attached hydrogens (primary N) is 1. The minimum atomic E-state index is -0.368. The van der Waals surface area contributed by atoms with Gasteiger partial charge < -0.3 is 10.2 Å². The molecule has 0 atom stereocenters. The number of hydrogen-bond donors (Lipinski definition) is 1. The maximum atomic E-state index is 14.0. The van der Waals surface area contributed by atoms with Gasteiger partial charge in [0, 0.05) is 12.6 Å². The molecule has 0 aliphatic rings. The summed E-state index contributed by atoms with van der Waals surface area (Å²) in [5.41, 5.74) is 7.98. The highest BCUT2D eigenvalue weighted by Crippen LogP contribution is 2.39. The van der Waals surface area contributed by atoms with Crippen molar-refractivity contribution in [3.63, 3.8) is 0 Å². The summed E-state index contributed by atoms with van der Waals surface area (Å²) in [4.78, 5) is 0. The normalized spacial score (nSPS) is 10.9. The molecule has 2 N–H and O–H groups in total. The first-order chi connectivity index (χ1) is 9.59. The number of anilines is 1. The van der Waals surface area contributed by atoms with Gasteiger partial charge in [0.15, 0.2) is 0 Å². The molecule has 0 aliphatic heterocycles. The summed E-state index contributed by atoms with van der Waals surface area (Å²) in [7, 11) is 1.69. The van der Waals surface area contributed by atoms with Gasteiger partial charge in [0.1, 0.15) is 17.3 Å². The molecule has 0 amide bonds. The van der Waals surface area contributed by atoms with Crippen LogP contribution in [0.1, 0.15) is 0 Å². The lowest BCUT2D eigenvalue weighted by atomic mass is 10.0. The summed E-state index contributed by atoms with van der Waals surface area (Å²) < 4.78 is 20.6. The van der Waals surface area contributed by atoms with Gasteiger partial charge in [-0.25, -0.2) is 4.39 Å². The number of hydrogen-bond acceptors (Lipinski definition) is 3. The van der Waals surface area contributed by atoms with Gasteiger partial charge in [-0.05, 0) is 23.7 Å². The van der Waals surface area contributed by atoms with Crippen molar-refractivity contribution in [1.29, 1.82) is 0 Å². The summed E-state index contributed by atoms with van der Waals surface area (Å²) in [6.07, 6.45) is 1.45. The van der Waals surface area contributed by atoms with Crippen molar-refractivity contribution in [3.05, 3.63) is 47.6 Å². The molecule has 4 nitrogen and oxygen atoms in total. The lowest BCUT2D eigenvalue weighted by Gasteiger charge is -2.04. The fraction of sp³-hybridized carbons (Fsp3) is 0.0714. The lowest BCUT2D eigenvalue weighted by Crippen LogP contribution is -1.98. The molecule has 2 heterocycles. The molecule has 0 radical (unpaired) electrons. The first kappa shape index (κ1) is 12.7. The smallest absolute Gasteiger partial charge is 0.202 e. The molecule has 0 fully saturated rings. The van der Waals surface area contributed by atoms with E-state index in [1.165, 1.54) is 17.0 Å². The number of nitrogens with zero attached hydrogens (tertiary/aromatic N) is 2. The van der Waals surface area contributed by atoms with Crippen LogP contribution in [0.15, 0.2) is 41.0 Å². The molecular weight excluding hydrogens is 281 g/mol. The Labute approximate surface area is 119 Å². The van der Waals surface area contributed by atoms with E-state index in [9.17, 15) is 4.39 Å². The molecule has 0 saturated heterocycles. The molecule has 1 aromatic carbocycles. The maximum Gasteiger partial charge on any atom is 0.202 e. The second kappa shape index (κ2) is 4.68. The van der Waals surface area contributed by atoms with Crippen LogP contribution in [0.5, 0.6) is 0 Å². The highest BCUT2D eigenvalue weighted by Gasteiger charge is 2.22. The average molecular weight is 292 g/mol. The van der Waals surface area contributed by atoms with Crippen LogP contribution in [-0.4, -0.2) is 9.78 Å². The Morgan fingerprint density at radius 2 is 2.00 bits per heavy atom. The molecule has 0 bridgehead atoms. The monoisotopic (exact) mass is 291 g/mol. The molecule has 2 aromatic heterocycles. The number of rotatable bonds is 2. The van der Waals surface area contributed by atoms with E-state index in [2.05, 4.69) is 5.10 Å². The molecule has 6 heteroatoms.